The maximum atomic E-state index is 12.1. The van der Waals surface area contributed by atoms with Crippen molar-refractivity contribution in [1.29, 1.82) is 0 Å². The van der Waals surface area contributed by atoms with Gasteiger partial charge in [-0.15, -0.1) is 0 Å². The molecule has 202 valence electrons. The number of unbranched alkanes of at least 4 members (excludes halogenated alkanes) is 3. The number of ether oxygens (including phenoxy) is 2. The van der Waals surface area contributed by atoms with Gasteiger partial charge in [0.1, 0.15) is 12.7 Å². The summed E-state index contributed by atoms with van der Waals surface area (Å²) in [5.74, 6) is -1.16. The molecule has 0 bridgehead atoms. The van der Waals surface area contributed by atoms with Gasteiger partial charge in [-0.25, -0.2) is 4.57 Å². The van der Waals surface area contributed by atoms with Crippen molar-refractivity contribution in [2.24, 2.45) is 0 Å². The molecule has 0 rings (SSSR count). The molecule has 0 spiro atoms. The van der Waals surface area contributed by atoms with Gasteiger partial charge in [0.2, 0.25) is 0 Å². The SMILES string of the molecule is CC/C=C\C/C=C\C/C=C\CCCCCC(=O)OC(COC(C)=O)COP(=O)(O)OCC(O)CO. The Morgan fingerprint density at radius 2 is 1.54 bits per heavy atom. The summed E-state index contributed by atoms with van der Waals surface area (Å²) >= 11 is 0. The lowest BCUT2D eigenvalue weighted by Crippen LogP contribution is -2.29. The van der Waals surface area contributed by atoms with E-state index in [4.69, 9.17) is 19.1 Å². The summed E-state index contributed by atoms with van der Waals surface area (Å²) in [7, 11) is -4.57. The third kappa shape index (κ3) is 22.4. The van der Waals surface area contributed by atoms with Crippen LogP contribution < -0.4 is 0 Å². The van der Waals surface area contributed by atoms with E-state index in [-0.39, 0.29) is 13.0 Å². The minimum Gasteiger partial charge on any atom is -0.462 e. The van der Waals surface area contributed by atoms with Crippen molar-refractivity contribution in [3.63, 3.8) is 0 Å². The van der Waals surface area contributed by atoms with Crippen molar-refractivity contribution in [2.45, 2.75) is 77.4 Å². The molecule has 0 saturated heterocycles. The Bertz CT molecular complexity index is 704. The van der Waals surface area contributed by atoms with Crippen LogP contribution in [0.5, 0.6) is 0 Å². The first kappa shape index (κ1) is 33.2. The van der Waals surface area contributed by atoms with Crippen molar-refractivity contribution in [3.05, 3.63) is 36.5 Å². The van der Waals surface area contributed by atoms with E-state index in [0.29, 0.717) is 6.42 Å². The van der Waals surface area contributed by atoms with Crippen LogP contribution in [0, 0.1) is 0 Å². The fourth-order valence-electron chi connectivity index (χ4n) is 2.55. The molecule has 0 aliphatic rings. The number of allylic oxidation sites excluding steroid dienone is 6. The van der Waals surface area contributed by atoms with Crippen molar-refractivity contribution < 1.29 is 47.8 Å². The zero-order valence-corrected chi connectivity index (χ0v) is 21.6. The summed E-state index contributed by atoms with van der Waals surface area (Å²) in [5, 5.41) is 17.9. The lowest BCUT2D eigenvalue weighted by atomic mass is 10.1. The molecule has 0 saturated carbocycles. The van der Waals surface area contributed by atoms with Crippen LogP contribution in [0.4, 0.5) is 0 Å². The van der Waals surface area contributed by atoms with E-state index in [0.717, 1.165) is 38.5 Å². The number of aliphatic hydroxyl groups is 2. The fourth-order valence-corrected chi connectivity index (χ4v) is 3.34. The molecule has 0 aromatic heterocycles. The summed E-state index contributed by atoms with van der Waals surface area (Å²) in [6.07, 6.45) is 16.6. The first-order valence-corrected chi connectivity index (χ1v) is 13.4. The van der Waals surface area contributed by atoms with Crippen LogP contribution in [0.2, 0.25) is 0 Å². The molecule has 0 aliphatic heterocycles. The Balaban J connectivity index is 4.22. The topological polar surface area (TPSA) is 149 Å². The zero-order valence-electron chi connectivity index (χ0n) is 20.8. The molecule has 3 atom stereocenters. The van der Waals surface area contributed by atoms with Crippen LogP contribution in [-0.2, 0) is 32.7 Å². The summed E-state index contributed by atoms with van der Waals surface area (Å²) in [6, 6.07) is 0. The largest absolute Gasteiger partial charge is 0.472 e. The van der Waals surface area contributed by atoms with Crippen molar-refractivity contribution in [1.82, 2.24) is 0 Å². The second-order valence-corrected chi connectivity index (χ2v) is 9.16. The molecule has 0 heterocycles. The molecule has 11 heteroatoms. The maximum Gasteiger partial charge on any atom is 0.472 e. The van der Waals surface area contributed by atoms with E-state index in [2.05, 4.69) is 47.9 Å². The van der Waals surface area contributed by atoms with Gasteiger partial charge in [-0.05, 0) is 38.5 Å². The minimum atomic E-state index is -4.57. The highest BCUT2D eigenvalue weighted by atomic mass is 31.2. The Morgan fingerprint density at radius 1 is 0.914 bits per heavy atom. The number of hydrogen-bond donors (Lipinski definition) is 3. The first-order chi connectivity index (χ1) is 16.7. The molecular formula is C24H41O10P. The number of hydrogen-bond acceptors (Lipinski definition) is 9. The number of phosphoric acid groups is 1. The predicted octanol–water partition coefficient (Wildman–Crippen LogP) is 3.76. The standard InChI is InChI=1S/C24H41O10P/c1-3-4-5-6-7-8-9-10-11-12-13-14-15-16-24(28)34-23(19-31-21(2)26)20-33-35(29,30)32-18-22(27)17-25/h4-5,7-8,10-11,22-23,25,27H,3,6,9,12-20H2,1-2H3,(H,29,30)/b5-4-,8-7-,11-10-. The van der Waals surface area contributed by atoms with Gasteiger partial charge in [0.25, 0.3) is 0 Å². The highest BCUT2D eigenvalue weighted by molar-refractivity contribution is 7.47. The molecule has 0 aliphatic carbocycles. The van der Waals surface area contributed by atoms with E-state index in [9.17, 15) is 24.2 Å². The average molecular weight is 521 g/mol. The van der Waals surface area contributed by atoms with Crippen LogP contribution in [0.1, 0.15) is 65.2 Å². The highest BCUT2D eigenvalue weighted by Crippen LogP contribution is 2.43. The number of esters is 2. The van der Waals surface area contributed by atoms with Crippen LogP contribution in [0.25, 0.3) is 0 Å². The molecule has 3 unspecified atom stereocenters. The number of phosphoric ester groups is 1. The maximum absolute atomic E-state index is 12.1. The minimum absolute atomic E-state index is 0.143. The third-order valence-corrected chi connectivity index (χ3v) is 5.32. The molecular weight excluding hydrogens is 479 g/mol. The molecule has 0 aromatic rings. The van der Waals surface area contributed by atoms with Gasteiger partial charge in [-0.2, -0.15) is 0 Å². The summed E-state index contributed by atoms with van der Waals surface area (Å²) in [6.45, 7) is 1.09. The highest BCUT2D eigenvalue weighted by Gasteiger charge is 2.26. The Kier molecular flexibility index (Phi) is 20.4. The zero-order chi connectivity index (χ0) is 26.4. The van der Waals surface area contributed by atoms with Gasteiger partial charge in [0.05, 0.1) is 19.8 Å². The predicted molar refractivity (Wildman–Crippen MR) is 131 cm³/mol. The Hall–Kier alpha value is -1.81. The van der Waals surface area contributed by atoms with E-state index in [1.165, 1.54) is 6.92 Å². The van der Waals surface area contributed by atoms with Crippen molar-refractivity contribution in [3.8, 4) is 0 Å². The molecule has 0 fully saturated rings. The lowest BCUT2D eigenvalue weighted by molar-refractivity contribution is -0.160. The Labute approximate surface area is 208 Å². The number of aliphatic hydroxyl groups excluding tert-OH is 2. The number of carbonyl (C=O) groups is 2. The molecule has 3 N–H and O–H groups in total. The van der Waals surface area contributed by atoms with E-state index in [1.54, 1.807) is 0 Å². The smallest absolute Gasteiger partial charge is 0.462 e. The molecule has 0 aromatic carbocycles. The molecule has 0 radical (unpaired) electrons. The lowest BCUT2D eigenvalue weighted by Gasteiger charge is -2.20. The first-order valence-electron chi connectivity index (χ1n) is 11.9. The number of carbonyl (C=O) groups excluding carboxylic acids is 2. The quantitative estimate of drug-likeness (QED) is 0.0884. The van der Waals surface area contributed by atoms with Crippen LogP contribution in [0.15, 0.2) is 36.5 Å². The monoisotopic (exact) mass is 520 g/mol. The summed E-state index contributed by atoms with van der Waals surface area (Å²) in [5.41, 5.74) is 0. The van der Waals surface area contributed by atoms with Gasteiger partial charge in [-0.1, -0.05) is 49.8 Å². The van der Waals surface area contributed by atoms with Crippen molar-refractivity contribution in [2.75, 3.05) is 26.4 Å². The fraction of sp³-hybridized carbons (Fsp3) is 0.667. The van der Waals surface area contributed by atoms with Gasteiger partial charge >= 0.3 is 19.8 Å². The summed E-state index contributed by atoms with van der Waals surface area (Å²) < 4.78 is 31.1. The number of rotatable bonds is 21. The van der Waals surface area contributed by atoms with E-state index in [1.807, 2.05) is 0 Å². The van der Waals surface area contributed by atoms with Crippen LogP contribution in [0.3, 0.4) is 0 Å². The van der Waals surface area contributed by atoms with Crippen LogP contribution in [-0.4, -0.2) is 65.7 Å². The van der Waals surface area contributed by atoms with Gasteiger partial charge in [0.15, 0.2) is 6.10 Å². The van der Waals surface area contributed by atoms with E-state index >= 15 is 0 Å². The van der Waals surface area contributed by atoms with E-state index < -0.39 is 51.8 Å². The molecule has 35 heavy (non-hydrogen) atoms. The Morgan fingerprint density at radius 3 is 2.17 bits per heavy atom. The van der Waals surface area contributed by atoms with Crippen molar-refractivity contribution >= 4 is 19.8 Å². The van der Waals surface area contributed by atoms with Gasteiger partial charge in [-0.3, -0.25) is 18.6 Å². The average Bonchev–Trinajstić information content (AvgIpc) is 2.82. The normalized spacial score (nSPS) is 15.5. The third-order valence-electron chi connectivity index (χ3n) is 4.37. The summed E-state index contributed by atoms with van der Waals surface area (Å²) in [4.78, 5) is 32.8. The molecule has 0 amide bonds. The second-order valence-electron chi connectivity index (χ2n) is 7.70. The van der Waals surface area contributed by atoms with Gasteiger partial charge < -0.3 is 24.6 Å². The van der Waals surface area contributed by atoms with Crippen LogP contribution >= 0.6 is 7.82 Å². The molecule has 10 nitrogen and oxygen atoms in total. The second kappa shape index (κ2) is 21.5. The van der Waals surface area contributed by atoms with Gasteiger partial charge in [0, 0.05) is 13.3 Å².